The summed E-state index contributed by atoms with van der Waals surface area (Å²) in [5.74, 6) is 1.03. The molecule has 152 valence electrons. The number of ether oxygens (including phenoxy) is 2. The third kappa shape index (κ3) is 4.40. The van der Waals surface area contributed by atoms with E-state index in [0.717, 1.165) is 11.3 Å². The van der Waals surface area contributed by atoms with Crippen LogP contribution in [0.3, 0.4) is 0 Å². The van der Waals surface area contributed by atoms with Gasteiger partial charge < -0.3 is 19.9 Å². The minimum atomic E-state index is -1.59. The minimum Gasteiger partial charge on any atom is -0.498 e. The van der Waals surface area contributed by atoms with Gasteiger partial charge in [0.2, 0.25) is 0 Å². The molecular formula is C23H25NO4S. The highest BCUT2D eigenvalue weighted by Gasteiger charge is 2.49. The quantitative estimate of drug-likeness (QED) is 0.639. The number of carbonyl (C=O) groups excluding carboxylic acids is 1. The third-order valence-electron chi connectivity index (χ3n) is 4.73. The van der Waals surface area contributed by atoms with Gasteiger partial charge in [0.1, 0.15) is 0 Å². The van der Waals surface area contributed by atoms with E-state index >= 15 is 0 Å². The number of aliphatic hydroxyl groups is 1. The highest BCUT2D eigenvalue weighted by Crippen LogP contribution is 2.42. The van der Waals surface area contributed by atoms with Crippen LogP contribution in [0.1, 0.15) is 23.6 Å². The molecule has 1 amide bonds. The highest BCUT2D eigenvalue weighted by molar-refractivity contribution is 8.02. The van der Waals surface area contributed by atoms with Crippen molar-refractivity contribution in [3.05, 3.63) is 83.0 Å². The van der Waals surface area contributed by atoms with Crippen molar-refractivity contribution in [1.29, 1.82) is 0 Å². The molecule has 3 rings (SSSR count). The van der Waals surface area contributed by atoms with Gasteiger partial charge in [-0.2, -0.15) is 0 Å². The first-order valence-electron chi connectivity index (χ1n) is 9.35. The van der Waals surface area contributed by atoms with Crippen LogP contribution in [-0.2, 0) is 19.9 Å². The maximum Gasteiger partial charge on any atom is 0.257 e. The van der Waals surface area contributed by atoms with Gasteiger partial charge in [-0.15, -0.1) is 11.8 Å². The zero-order valence-electron chi connectivity index (χ0n) is 16.6. The molecule has 6 heteroatoms. The average Bonchev–Trinajstić information content (AvgIpc) is 2.72. The molecule has 2 atom stereocenters. The molecular weight excluding hydrogens is 386 g/mol. The van der Waals surface area contributed by atoms with Crippen molar-refractivity contribution in [3.8, 4) is 0 Å². The lowest BCUT2D eigenvalue weighted by molar-refractivity contribution is -0.142. The van der Waals surface area contributed by atoms with Crippen LogP contribution in [0, 0.1) is 0 Å². The zero-order valence-corrected chi connectivity index (χ0v) is 17.4. The number of carbonyl (C=O) groups is 1. The van der Waals surface area contributed by atoms with E-state index in [1.807, 2.05) is 48.7 Å². The summed E-state index contributed by atoms with van der Waals surface area (Å²) in [6, 6.07) is 14.7. The molecule has 0 spiro atoms. The van der Waals surface area contributed by atoms with Crippen LogP contribution < -0.4 is 5.32 Å². The van der Waals surface area contributed by atoms with E-state index in [1.165, 1.54) is 7.11 Å². The third-order valence-corrected chi connectivity index (χ3v) is 5.55. The van der Waals surface area contributed by atoms with Crippen molar-refractivity contribution in [2.24, 2.45) is 0 Å². The molecule has 29 heavy (non-hydrogen) atoms. The Kier molecular flexibility index (Phi) is 6.79. The lowest BCUT2D eigenvalue weighted by Gasteiger charge is -2.40. The Balaban J connectivity index is 1.93. The van der Waals surface area contributed by atoms with Crippen LogP contribution >= 0.6 is 11.8 Å². The first kappa shape index (κ1) is 21.2. The fourth-order valence-corrected chi connectivity index (χ4v) is 4.03. The van der Waals surface area contributed by atoms with Crippen molar-refractivity contribution < 1.29 is 19.4 Å². The largest absolute Gasteiger partial charge is 0.498 e. The van der Waals surface area contributed by atoms with Gasteiger partial charge in [-0.3, -0.25) is 4.79 Å². The molecule has 2 unspecified atom stereocenters. The average molecular weight is 412 g/mol. The Morgan fingerprint density at radius 2 is 2.07 bits per heavy atom. The highest BCUT2D eigenvalue weighted by atomic mass is 32.2. The normalized spacial score (nSPS) is 20.9. The van der Waals surface area contributed by atoms with Crippen LogP contribution in [0.15, 0.2) is 66.3 Å². The van der Waals surface area contributed by atoms with Gasteiger partial charge in [-0.1, -0.05) is 43.0 Å². The van der Waals surface area contributed by atoms with E-state index in [1.54, 1.807) is 30.0 Å². The first-order valence-corrected chi connectivity index (χ1v) is 10.4. The molecule has 1 aliphatic rings. The molecule has 1 heterocycles. The Labute approximate surface area is 175 Å². The van der Waals surface area contributed by atoms with E-state index in [0.29, 0.717) is 29.2 Å². The van der Waals surface area contributed by atoms with Gasteiger partial charge >= 0.3 is 0 Å². The lowest BCUT2D eigenvalue weighted by atomic mass is 9.77. The fraction of sp³-hybridized carbons (Fsp3) is 0.261. The van der Waals surface area contributed by atoms with Crippen molar-refractivity contribution in [2.75, 3.05) is 24.8 Å². The fourth-order valence-electron chi connectivity index (χ4n) is 3.41. The predicted molar refractivity (Wildman–Crippen MR) is 118 cm³/mol. The van der Waals surface area contributed by atoms with Crippen molar-refractivity contribution in [2.45, 2.75) is 18.6 Å². The van der Waals surface area contributed by atoms with E-state index in [9.17, 15) is 9.90 Å². The summed E-state index contributed by atoms with van der Waals surface area (Å²) in [5, 5.41) is 16.5. The second-order valence-electron chi connectivity index (χ2n) is 6.63. The molecule has 0 aromatic heterocycles. The van der Waals surface area contributed by atoms with Crippen LogP contribution in [0.5, 0.6) is 0 Å². The Hall–Kier alpha value is -2.54. The van der Waals surface area contributed by atoms with Gasteiger partial charge in [-0.05, 0) is 41.7 Å². The monoisotopic (exact) mass is 411 g/mol. The van der Waals surface area contributed by atoms with Gasteiger partial charge in [-0.25, -0.2) is 0 Å². The number of fused-ring (bicyclic) bond motifs is 1. The number of nitrogens with one attached hydrogen (secondary N) is 1. The summed E-state index contributed by atoms with van der Waals surface area (Å²) in [6.45, 7) is 6.40. The molecule has 0 bridgehead atoms. The zero-order chi connectivity index (χ0) is 20.9. The number of amides is 1. The number of benzene rings is 2. The van der Waals surface area contributed by atoms with Gasteiger partial charge in [0.15, 0.2) is 11.7 Å². The van der Waals surface area contributed by atoms with Gasteiger partial charge in [0, 0.05) is 18.4 Å². The number of anilines is 1. The van der Waals surface area contributed by atoms with Crippen molar-refractivity contribution in [3.63, 3.8) is 0 Å². The van der Waals surface area contributed by atoms with Crippen molar-refractivity contribution in [1.82, 2.24) is 0 Å². The molecule has 1 aliphatic heterocycles. The van der Waals surface area contributed by atoms with Crippen LogP contribution in [0.25, 0.3) is 6.08 Å². The summed E-state index contributed by atoms with van der Waals surface area (Å²) in [4.78, 5) is 12.6. The van der Waals surface area contributed by atoms with E-state index < -0.39 is 11.7 Å². The van der Waals surface area contributed by atoms with Gasteiger partial charge in [0.05, 0.1) is 18.1 Å². The number of thioether (sulfide) groups is 1. The summed E-state index contributed by atoms with van der Waals surface area (Å²) >= 11 is 1.57. The second kappa shape index (κ2) is 9.31. The van der Waals surface area contributed by atoms with Crippen LogP contribution in [-0.4, -0.2) is 36.6 Å². The maximum absolute atomic E-state index is 12.6. The van der Waals surface area contributed by atoms with E-state index in [-0.39, 0.29) is 5.91 Å². The summed E-state index contributed by atoms with van der Waals surface area (Å²) in [5.41, 5.74) is 1.09. The van der Waals surface area contributed by atoms with Crippen molar-refractivity contribution >= 4 is 29.4 Å². The summed E-state index contributed by atoms with van der Waals surface area (Å²) < 4.78 is 10.8. The van der Waals surface area contributed by atoms with E-state index in [4.69, 9.17) is 9.47 Å². The molecule has 0 aliphatic carbocycles. The standard InChI is InChI=1S/C23H25NO4S/c1-4-28-16(2)15-29-13-12-17-10-11-20-19(14-17)23(26,18-8-6-5-7-9-18)21(27-3)22(25)24-20/h5-14,21,26H,2,4,15H2,1,3H3,(H,24,25)/b13-12+. The SMILES string of the molecule is C=C(CS/C=C/c1ccc2c(c1)C(O)(c1ccccc1)C(OC)C(=O)N2)OCC. The molecule has 0 radical (unpaired) electrons. The number of hydrogen-bond acceptors (Lipinski definition) is 5. The molecule has 2 aromatic carbocycles. The van der Waals surface area contributed by atoms with Crippen LogP contribution in [0.4, 0.5) is 5.69 Å². The Morgan fingerprint density at radius 3 is 2.76 bits per heavy atom. The molecule has 0 saturated heterocycles. The predicted octanol–water partition coefficient (Wildman–Crippen LogP) is 4.14. The molecule has 0 saturated carbocycles. The smallest absolute Gasteiger partial charge is 0.257 e. The number of methoxy groups -OCH3 is 1. The lowest BCUT2D eigenvalue weighted by Crippen LogP contribution is -2.52. The topological polar surface area (TPSA) is 67.8 Å². The van der Waals surface area contributed by atoms with Crippen LogP contribution in [0.2, 0.25) is 0 Å². The molecule has 5 nitrogen and oxygen atoms in total. The maximum atomic E-state index is 12.6. The second-order valence-corrected chi connectivity index (χ2v) is 7.52. The number of hydrogen-bond donors (Lipinski definition) is 2. The number of rotatable bonds is 8. The minimum absolute atomic E-state index is 0.375. The Bertz CT molecular complexity index is 912. The molecule has 2 N–H and O–H groups in total. The first-order chi connectivity index (χ1) is 14.0. The summed E-state index contributed by atoms with van der Waals surface area (Å²) in [7, 11) is 1.43. The summed E-state index contributed by atoms with van der Waals surface area (Å²) in [6.07, 6.45) is 0.897. The molecule has 0 fully saturated rings. The molecule has 2 aromatic rings. The Morgan fingerprint density at radius 1 is 1.31 bits per heavy atom. The van der Waals surface area contributed by atoms with Gasteiger partial charge in [0.25, 0.3) is 5.91 Å². The van der Waals surface area contributed by atoms with E-state index in [2.05, 4.69) is 11.9 Å².